The lowest BCUT2D eigenvalue weighted by molar-refractivity contribution is -0.137. The molecule has 0 saturated carbocycles. The zero-order chi connectivity index (χ0) is 26.3. The summed E-state index contributed by atoms with van der Waals surface area (Å²) in [5.74, 6) is -1.07. The largest absolute Gasteiger partial charge is 0.481 e. The lowest BCUT2D eigenvalue weighted by Crippen LogP contribution is -2.32. The van der Waals surface area contributed by atoms with Gasteiger partial charge in [-0.1, -0.05) is 67.6 Å². The van der Waals surface area contributed by atoms with Crippen LogP contribution in [0.1, 0.15) is 65.1 Å². The maximum atomic E-state index is 12.0. The van der Waals surface area contributed by atoms with E-state index in [2.05, 4.69) is 78.4 Å². The van der Waals surface area contributed by atoms with Gasteiger partial charge in [0.15, 0.2) is 0 Å². The van der Waals surface area contributed by atoms with E-state index in [4.69, 9.17) is 0 Å². The molecule has 1 atom stereocenters. The smallest absolute Gasteiger partial charge is 0.304 e. The second-order valence-electron chi connectivity index (χ2n) is 11.5. The molecule has 0 radical (unpaired) electrons. The Morgan fingerprint density at radius 3 is 2.55 bits per heavy atom. The molecule has 7 nitrogen and oxygen atoms in total. The Morgan fingerprint density at radius 2 is 1.82 bits per heavy atom. The summed E-state index contributed by atoms with van der Waals surface area (Å²) in [6.45, 7) is 11.6. The first kappa shape index (κ1) is 27.5. The fourth-order valence-electron chi connectivity index (χ4n) is 6.00. The van der Waals surface area contributed by atoms with Crippen LogP contribution in [0.15, 0.2) is 54.6 Å². The number of aryl methyl sites for hydroxylation is 3. The lowest BCUT2D eigenvalue weighted by Gasteiger charge is -2.30. The normalized spacial score (nSPS) is 15.9. The molecule has 7 heteroatoms. The first-order chi connectivity index (χ1) is 17.6. The quantitative estimate of drug-likeness (QED) is 0.331. The number of hydrogen-bond acceptors (Lipinski definition) is 5. The molecule has 4 aromatic rings. The number of fused-ring (bicyclic) bond motifs is 2. The molecule has 3 aromatic carbocycles. The highest BCUT2D eigenvalue weighted by molar-refractivity contribution is 5.80. The van der Waals surface area contributed by atoms with Gasteiger partial charge in [0, 0.05) is 32.6 Å². The summed E-state index contributed by atoms with van der Waals surface area (Å²) in [4.78, 5) is 14.5. The number of aromatic nitrogens is 3. The van der Waals surface area contributed by atoms with Crippen molar-refractivity contribution in [1.82, 2.24) is 26.0 Å². The first-order valence-electron chi connectivity index (χ1n) is 13.0. The number of aliphatic carboxylic acids is 1. The Bertz CT molecular complexity index is 1470. The molecular weight excluding hydrogens is 474 g/mol. The van der Waals surface area contributed by atoms with Gasteiger partial charge in [-0.2, -0.15) is 0 Å². The lowest BCUT2D eigenvalue weighted by atomic mass is 9.84. The highest BCUT2D eigenvalue weighted by Crippen LogP contribution is 2.35. The Kier molecular flexibility index (Phi) is 7.72. The Hall–Kier alpha value is -3.55. The number of hydrogen-bond donors (Lipinski definition) is 2. The van der Waals surface area contributed by atoms with E-state index in [1.54, 1.807) is 4.68 Å². The fraction of sp³-hybridized carbons (Fsp3) is 0.387. The number of nitrogens with zero attached hydrogens (tertiary/aromatic N) is 4. The molecule has 0 amide bonds. The van der Waals surface area contributed by atoms with E-state index in [9.17, 15) is 9.90 Å². The minimum Gasteiger partial charge on any atom is -0.481 e. The van der Waals surface area contributed by atoms with E-state index < -0.39 is 5.97 Å². The van der Waals surface area contributed by atoms with Gasteiger partial charge in [-0.3, -0.25) is 9.69 Å². The second-order valence-corrected chi connectivity index (χ2v) is 11.5. The van der Waals surface area contributed by atoms with Crippen LogP contribution in [-0.4, -0.2) is 37.5 Å². The summed E-state index contributed by atoms with van der Waals surface area (Å²) in [6.07, 6.45) is 1.10. The topological polar surface area (TPSA) is 106 Å². The van der Waals surface area contributed by atoms with Crippen molar-refractivity contribution in [3.05, 3.63) is 93.5 Å². The van der Waals surface area contributed by atoms with Gasteiger partial charge in [0.1, 0.15) is 5.52 Å². The number of benzene rings is 3. The molecule has 200 valence electrons. The van der Waals surface area contributed by atoms with Gasteiger partial charge in [0.2, 0.25) is 0 Å². The van der Waals surface area contributed by atoms with Gasteiger partial charge in [-0.05, 0) is 70.7 Å². The van der Waals surface area contributed by atoms with Crippen molar-refractivity contribution in [1.29, 1.82) is 0 Å². The molecule has 1 aliphatic rings. The van der Waals surface area contributed by atoms with Crippen LogP contribution in [0.3, 0.4) is 0 Å². The maximum absolute atomic E-state index is 12.0. The second kappa shape index (κ2) is 10.7. The van der Waals surface area contributed by atoms with Crippen LogP contribution in [0.25, 0.3) is 11.0 Å². The highest BCUT2D eigenvalue weighted by atomic mass is 16.4. The third-order valence-electron chi connectivity index (χ3n) is 7.84. The van der Waals surface area contributed by atoms with Gasteiger partial charge >= 0.3 is 5.97 Å². The number of rotatable bonds is 6. The monoisotopic (exact) mass is 513 g/mol. The zero-order valence-electron chi connectivity index (χ0n) is 23.2. The van der Waals surface area contributed by atoms with Crippen molar-refractivity contribution in [2.75, 3.05) is 6.54 Å². The molecule has 0 spiro atoms. The highest BCUT2D eigenvalue weighted by Gasteiger charge is 2.28. The predicted octanol–water partition coefficient (Wildman–Crippen LogP) is 5.94. The van der Waals surface area contributed by atoms with Crippen molar-refractivity contribution in [2.24, 2.45) is 12.5 Å². The molecule has 0 bridgehead atoms. The number of carbonyl (C=O) groups is 1. The molecule has 1 aromatic heterocycles. The van der Waals surface area contributed by atoms with Crippen molar-refractivity contribution in [2.45, 2.75) is 59.5 Å². The Morgan fingerprint density at radius 1 is 1.08 bits per heavy atom. The number of carboxylic acids is 1. The average Bonchev–Trinajstić information content (AvgIpc) is 3.15. The molecule has 0 aliphatic carbocycles. The molecule has 0 fully saturated rings. The zero-order valence-corrected chi connectivity index (χ0v) is 23.2. The van der Waals surface area contributed by atoms with Crippen LogP contribution in [-0.2, 0) is 31.4 Å². The number of carboxylic acid groups (broad SMARTS) is 1. The van der Waals surface area contributed by atoms with Crippen LogP contribution in [0, 0.1) is 19.3 Å². The Balaban J connectivity index is 0.00000336. The average molecular weight is 514 g/mol. The molecule has 1 aliphatic heterocycles. The third kappa shape index (κ3) is 5.49. The summed E-state index contributed by atoms with van der Waals surface area (Å²) >= 11 is 0. The van der Waals surface area contributed by atoms with Crippen molar-refractivity contribution < 1.29 is 9.90 Å². The van der Waals surface area contributed by atoms with Gasteiger partial charge < -0.3 is 11.3 Å². The third-order valence-corrected chi connectivity index (χ3v) is 7.84. The summed E-state index contributed by atoms with van der Waals surface area (Å²) in [7, 11) is 1.87. The van der Waals surface area contributed by atoms with Crippen molar-refractivity contribution in [3.8, 4) is 0 Å². The summed E-state index contributed by atoms with van der Waals surface area (Å²) in [5, 5.41) is 18.3. The summed E-state index contributed by atoms with van der Waals surface area (Å²) < 4.78 is 1.75. The summed E-state index contributed by atoms with van der Waals surface area (Å²) in [5.41, 5.74) is 10.3. The van der Waals surface area contributed by atoms with Crippen molar-refractivity contribution in [3.63, 3.8) is 0 Å². The van der Waals surface area contributed by atoms with E-state index in [0.717, 1.165) is 53.8 Å². The van der Waals surface area contributed by atoms with Crippen LogP contribution in [0.5, 0.6) is 0 Å². The van der Waals surface area contributed by atoms with E-state index in [1.807, 2.05) is 26.1 Å². The van der Waals surface area contributed by atoms with Gasteiger partial charge in [-0.25, -0.2) is 4.68 Å². The van der Waals surface area contributed by atoms with Crippen LogP contribution in [0.4, 0.5) is 0 Å². The van der Waals surface area contributed by atoms with E-state index in [-0.39, 0.29) is 23.9 Å². The van der Waals surface area contributed by atoms with E-state index >= 15 is 0 Å². The molecule has 5 rings (SSSR count). The Labute approximate surface area is 225 Å². The van der Waals surface area contributed by atoms with E-state index in [0.29, 0.717) is 0 Å². The molecule has 4 N–H and O–H groups in total. The first-order valence-corrected chi connectivity index (χ1v) is 13.0. The molecular formula is C31H39N5O2. The van der Waals surface area contributed by atoms with Crippen LogP contribution >= 0.6 is 0 Å². The SMILES string of the molecule is Cc1ccc(C(CC(=O)O)c2ccc3c(nnn3C)c2C)cc1CN1Cc2ccccc2CC(C)(C)C1.N. The molecule has 0 saturated heterocycles. The fourth-order valence-corrected chi connectivity index (χ4v) is 6.00. The molecule has 1 unspecified atom stereocenters. The molecule has 38 heavy (non-hydrogen) atoms. The van der Waals surface area contributed by atoms with Gasteiger partial charge in [0.05, 0.1) is 11.9 Å². The van der Waals surface area contributed by atoms with E-state index in [1.165, 1.54) is 22.3 Å². The maximum Gasteiger partial charge on any atom is 0.304 e. The predicted molar refractivity (Wildman–Crippen MR) is 152 cm³/mol. The van der Waals surface area contributed by atoms with Crippen molar-refractivity contribution >= 4 is 17.0 Å². The van der Waals surface area contributed by atoms with Crippen LogP contribution < -0.4 is 6.15 Å². The minimum absolute atomic E-state index is 0. The van der Waals surface area contributed by atoms with Crippen LogP contribution in [0.2, 0.25) is 0 Å². The van der Waals surface area contributed by atoms with Gasteiger partial charge in [0.25, 0.3) is 0 Å². The standard InChI is InChI=1S/C31H36N4O2.H3N/c1-20-10-11-22(27(15-29(36)37)26-12-13-28-30(21(26)2)32-33-34(28)5)14-25(20)18-35-17-24-9-7-6-8-23(24)16-31(3,4)19-35;/h6-14,27H,15-19H2,1-5H3,(H,36,37);1H3. The summed E-state index contributed by atoms with van der Waals surface area (Å²) in [6, 6.07) is 19.3. The molecule has 2 heterocycles. The van der Waals surface area contributed by atoms with Gasteiger partial charge in [-0.15, -0.1) is 5.10 Å². The minimum atomic E-state index is -0.809.